The molecule has 0 saturated carbocycles. The molecule has 1 aromatic carbocycles. The summed E-state index contributed by atoms with van der Waals surface area (Å²) in [6.45, 7) is 0. The topological polar surface area (TPSA) is 50.2 Å². The van der Waals surface area contributed by atoms with E-state index in [1.165, 1.54) is 30.5 Å². The average molecular weight is 191 g/mol. The van der Waals surface area contributed by atoms with Gasteiger partial charge in [0.2, 0.25) is 0 Å². The molecule has 0 radical (unpaired) electrons. The van der Waals surface area contributed by atoms with Crippen molar-refractivity contribution in [3.63, 3.8) is 0 Å². The van der Waals surface area contributed by atoms with Gasteiger partial charge in [0, 0.05) is 17.6 Å². The van der Waals surface area contributed by atoms with Crippen LogP contribution in [0.2, 0.25) is 0 Å². The Kier molecular flexibility index (Phi) is 1.89. The summed E-state index contributed by atoms with van der Waals surface area (Å²) in [5, 5.41) is 9.28. The van der Waals surface area contributed by atoms with Gasteiger partial charge in [0.15, 0.2) is 0 Å². The van der Waals surface area contributed by atoms with E-state index < -0.39 is 11.8 Å². The lowest BCUT2D eigenvalue weighted by molar-refractivity contribution is 0.0699. The molecule has 0 fully saturated rings. The fourth-order valence-electron chi connectivity index (χ4n) is 1.31. The summed E-state index contributed by atoms with van der Waals surface area (Å²) in [4.78, 5) is 14.7. The van der Waals surface area contributed by atoms with Crippen molar-refractivity contribution in [2.24, 2.45) is 0 Å². The summed E-state index contributed by atoms with van der Waals surface area (Å²) in [6, 6.07) is 5.24. The number of carboxylic acids is 1. The quantitative estimate of drug-likeness (QED) is 0.750. The monoisotopic (exact) mass is 191 g/mol. The lowest BCUT2D eigenvalue weighted by Crippen LogP contribution is -1.98. The number of nitrogens with zero attached hydrogens (tertiary/aromatic N) is 1. The Balaban J connectivity index is 2.81. The molecule has 14 heavy (non-hydrogen) atoms. The molecule has 3 nitrogen and oxygen atoms in total. The molecule has 0 spiro atoms. The molecule has 70 valence electrons. The third-order valence-electron chi connectivity index (χ3n) is 1.94. The fraction of sp³-hybridized carbons (Fsp3) is 0. The normalized spacial score (nSPS) is 10.4. The summed E-state index contributed by atoms with van der Waals surface area (Å²) in [5.41, 5.74) is 0.486. The largest absolute Gasteiger partial charge is 0.478 e. The van der Waals surface area contributed by atoms with E-state index in [1.807, 2.05) is 0 Å². The van der Waals surface area contributed by atoms with Gasteiger partial charge in [-0.05, 0) is 18.2 Å². The van der Waals surface area contributed by atoms with E-state index in [2.05, 4.69) is 4.98 Å². The van der Waals surface area contributed by atoms with Crippen molar-refractivity contribution in [2.45, 2.75) is 0 Å². The highest BCUT2D eigenvalue weighted by Gasteiger charge is 2.08. The van der Waals surface area contributed by atoms with Crippen molar-refractivity contribution < 1.29 is 14.3 Å². The number of rotatable bonds is 1. The van der Waals surface area contributed by atoms with Gasteiger partial charge in [-0.2, -0.15) is 0 Å². The predicted octanol–water partition coefficient (Wildman–Crippen LogP) is 2.07. The van der Waals surface area contributed by atoms with Gasteiger partial charge in [0.25, 0.3) is 0 Å². The maximum absolute atomic E-state index is 12.8. The van der Waals surface area contributed by atoms with Gasteiger partial charge >= 0.3 is 5.97 Å². The number of carbonyl (C=O) groups is 1. The van der Waals surface area contributed by atoms with Gasteiger partial charge < -0.3 is 5.11 Å². The zero-order chi connectivity index (χ0) is 10.1. The average Bonchev–Trinajstić information content (AvgIpc) is 2.16. The van der Waals surface area contributed by atoms with Crippen LogP contribution < -0.4 is 0 Å². The van der Waals surface area contributed by atoms with E-state index in [1.54, 1.807) is 0 Å². The summed E-state index contributed by atoms with van der Waals surface area (Å²) < 4.78 is 12.8. The fourth-order valence-corrected chi connectivity index (χ4v) is 1.31. The number of halogens is 1. The zero-order valence-corrected chi connectivity index (χ0v) is 7.07. The molecule has 2 aromatic rings. The van der Waals surface area contributed by atoms with E-state index in [-0.39, 0.29) is 5.56 Å². The van der Waals surface area contributed by atoms with Crippen molar-refractivity contribution in [3.05, 3.63) is 41.8 Å². The lowest BCUT2D eigenvalue weighted by Gasteiger charge is -2.00. The number of aromatic nitrogens is 1. The van der Waals surface area contributed by atoms with Gasteiger partial charge in [-0.15, -0.1) is 0 Å². The van der Waals surface area contributed by atoms with Crippen LogP contribution in [0.25, 0.3) is 10.9 Å². The Bertz CT molecular complexity index is 510. The van der Waals surface area contributed by atoms with Crippen molar-refractivity contribution in [1.82, 2.24) is 4.98 Å². The second kappa shape index (κ2) is 3.06. The first-order valence-electron chi connectivity index (χ1n) is 3.96. The first-order chi connectivity index (χ1) is 6.68. The molecule has 4 heteroatoms. The highest BCUT2D eigenvalue weighted by atomic mass is 19.1. The SMILES string of the molecule is O=C(O)c1ccnc2cc(F)ccc12. The maximum Gasteiger partial charge on any atom is 0.336 e. The molecular weight excluding hydrogens is 185 g/mol. The van der Waals surface area contributed by atoms with Gasteiger partial charge in [-0.3, -0.25) is 4.98 Å². The van der Waals surface area contributed by atoms with E-state index in [0.29, 0.717) is 10.9 Å². The molecule has 1 aromatic heterocycles. The molecule has 0 aliphatic carbocycles. The number of benzene rings is 1. The van der Waals surface area contributed by atoms with Crippen molar-refractivity contribution in [3.8, 4) is 0 Å². The molecule has 0 amide bonds. The van der Waals surface area contributed by atoms with E-state index in [9.17, 15) is 9.18 Å². The Morgan fingerprint density at radius 3 is 2.86 bits per heavy atom. The Hall–Kier alpha value is -1.97. The van der Waals surface area contributed by atoms with Crippen LogP contribution in [0.3, 0.4) is 0 Å². The van der Waals surface area contributed by atoms with Crippen LogP contribution in [0.1, 0.15) is 10.4 Å². The molecule has 0 bridgehead atoms. The number of aromatic carboxylic acids is 1. The minimum atomic E-state index is -1.04. The highest BCUT2D eigenvalue weighted by molar-refractivity contribution is 6.02. The van der Waals surface area contributed by atoms with Crippen LogP contribution in [-0.2, 0) is 0 Å². The van der Waals surface area contributed by atoms with Crippen molar-refractivity contribution >= 4 is 16.9 Å². The summed E-state index contributed by atoms with van der Waals surface area (Å²) >= 11 is 0. The standard InChI is InChI=1S/C10H6FNO2/c11-6-1-2-7-8(10(13)14)3-4-12-9(7)5-6/h1-5H,(H,13,14). The molecule has 0 atom stereocenters. The highest BCUT2D eigenvalue weighted by Crippen LogP contribution is 2.17. The summed E-state index contributed by atoms with van der Waals surface area (Å²) in [7, 11) is 0. The number of fused-ring (bicyclic) bond motifs is 1. The van der Waals surface area contributed by atoms with Gasteiger partial charge in [0.1, 0.15) is 5.82 Å². The smallest absolute Gasteiger partial charge is 0.336 e. The van der Waals surface area contributed by atoms with E-state index in [0.717, 1.165) is 0 Å². The van der Waals surface area contributed by atoms with Crippen LogP contribution in [0, 0.1) is 5.82 Å². The molecule has 0 unspecified atom stereocenters. The number of hydrogen-bond donors (Lipinski definition) is 1. The Labute approximate surface area is 78.8 Å². The number of pyridine rings is 1. The van der Waals surface area contributed by atoms with Crippen molar-refractivity contribution in [2.75, 3.05) is 0 Å². The minimum Gasteiger partial charge on any atom is -0.478 e. The molecule has 0 saturated heterocycles. The number of hydrogen-bond acceptors (Lipinski definition) is 2. The molecule has 0 aliphatic rings. The third kappa shape index (κ3) is 1.31. The van der Waals surface area contributed by atoms with Crippen LogP contribution in [0.15, 0.2) is 30.5 Å². The predicted molar refractivity (Wildman–Crippen MR) is 48.7 cm³/mol. The van der Waals surface area contributed by atoms with Gasteiger partial charge in [-0.1, -0.05) is 0 Å². The maximum atomic E-state index is 12.8. The van der Waals surface area contributed by atoms with E-state index >= 15 is 0 Å². The first-order valence-corrected chi connectivity index (χ1v) is 3.96. The molecular formula is C10H6FNO2. The van der Waals surface area contributed by atoms with Gasteiger partial charge in [-0.25, -0.2) is 9.18 Å². The molecule has 0 aliphatic heterocycles. The van der Waals surface area contributed by atoms with E-state index in [4.69, 9.17) is 5.11 Å². The molecule has 2 rings (SSSR count). The molecule has 1 heterocycles. The van der Waals surface area contributed by atoms with Crippen LogP contribution >= 0.6 is 0 Å². The third-order valence-corrected chi connectivity index (χ3v) is 1.94. The van der Waals surface area contributed by atoms with Crippen molar-refractivity contribution in [1.29, 1.82) is 0 Å². The lowest BCUT2D eigenvalue weighted by atomic mass is 10.1. The zero-order valence-electron chi connectivity index (χ0n) is 7.07. The van der Waals surface area contributed by atoms with Crippen LogP contribution in [0.5, 0.6) is 0 Å². The number of carboxylic acid groups (broad SMARTS) is 1. The second-order valence-corrected chi connectivity index (χ2v) is 2.83. The summed E-state index contributed by atoms with van der Waals surface area (Å²) in [5.74, 6) is -1.46. The molecule has 1 N–H and O–H groups in total. The Morgan fingerprint density at radius 2 is 2.14 bits per heavy atom. The second-order valence-electron chi connectivity index (χ2n) is 2.83. The van der Waals surface area contributed by atoms with Crippen LogP contribution in [-0.4, -0.2) is 16.1 Å². The van der Waals surface area contributed by atoms with Crippen LogP contribution in [0.4, 0.5) is 4.39 Å². The van der Waals surface area contributed by atoms with Gasteiger partial charge in [0.05, 0.1) is 11.1 Å². The first kappa shape index (κ1) is 8.62. The minimum absolute atomic E-state index is 0.134. The Morgan fingerprint density at radius 1 is 1.36 bits per heavy atom. The summed E-state index contributed by atoms with van der Waals surface area (Å²) in [6.07, 6.45) is 1.35.